The molecule has 0 saturated carbocycles. The molecule has 0 radical (unpaired) electrons. The maximum atomic E-state index is 13.1. The molecular weight excluding hydrogens is 526 g/mol. The average molecular weight is 543 g/mol. The fraction of sp³-hybridized carbons (Fsp3) is 0.400. The highest BCUT2D eigenvalue weighted by Crippen LogP contribution is 2.50. The van der Waals surface area contributed by atoms with E-state index in [1.165, 1.54) is 19.1 Å². The van der Waals surface area contributed by atoms with Crippen LogP contribution in [0.4, 0.5) is 32.0 Å². The van der Waals surface area contributed by atoms with Crippen molar-refractivity contribution in [3.63, 3.8) is 0 Å². The van der Waals surface area contributed by atoms with E-state index in [0.717, 1.165) is 16.4 Å². The van der Waals surface area contributed by atoms with E-state index in [2.05, 4.69) is 22.0 Å². The molecule has 1 aromatic carbocycles. The van der Waals surface area contributed by atoms with Crippen molar-refractivity contribution in [2.24, 2.45) is 0 Å². The summed E-state index contributed by atoms with van der Waals surface area (Å²) < 4.78 is 106. The van der Waals surface area contributed by atoms with Crippen molar-refractivity contribution < 1.29 is 39.9 Å². The van der Waals surface area contributed by atoms with Crippen molar-refractivity contribution in [3.05, 3.63) is 47.1 Å². The van der Waals surface area contributed by atoms with Gasteiger partial charge >= 0.3 is 12.4 Å². The van der Waals surface area contributed by atoms with E-state index >= 15 is 0 Å². The van der Waals surface area contributed by atoms with Crippen LogP contribution < -0.4 is 4.90 Å². The Labute approximate surface area is 201 Å². The predicted octanol–water partition coefficient (Wildman–Crippen LogP) is 3.35. The number of nitrogens with zero attached hydrogens (tertiary/aromatic N) is 4. The summed E-state index contributed by atoms with van der Waals surface area (Å²) in [5.74, 6) is 5.43. The summed E-state index contributed by atoms with van der Waals surface area (Å²) in [5.41, 5.74) is -6.26. The van der Waals surface area contributed by atoms with Gasteiger partial charge in [-0.1, -0.05) is 29.7 Å². The van der Waals surface area contributed by atoms with E-state index in [0.29, 0.717) is 12.1 Å². The van der Waals surface area contributed by atoms with Crippen LogP contribution >= 0.6 is 11.6 Å². The van der Waals surface area contributed by atoms with E-state index in [1.54, 1.807) is 4.90 Å². The predicted molar refractivity (Wildman–Crippen MR) is 113 cm³/mol. The van der Waals surface area contributed by atoms with Gasteiger partial charge in [0.05, 0.1) is 0 Å². The Hall–Kier alpha value is -2.60. The molecule has 1 fully saturated rings. The van der Waals surface area contributed by atoms with Crippen LogP contribution in [0.3, 0.4) is 0 Å². The van der Waals surface area contributed by atoms with Crippen LogP contribution in [0.15, 0.2) is 41.4 Å². The summed E-state index contributed by atoms with van der Waals surface area (Å²) in [7, 11) is -4.07. The normalized spacial score (nSPS) is 18.2. The lowest BCUT2D eigenvalue weighted by Gasteiger charge is -2.40. The Kier molecular flexibility index (Phi) is 7.29. The molecule has 1 unspecified atom stereocenters. The van der Waals surface area contributed by atoms with Gasteiger partial charge in [0.15, 0.2) is 10.2 Å². The number of benzene rings is 1. The molecule has 1 saturated heterocycles. The van der Waals surface area contributed by atoms with E-state index < -0.39 is 39.6 Å². The molecule has 190 valence electrons. The summed E-state index contributed by atoms with van der Waals surface area (Å²) in [4.78, 5) is 1.54. The molecule has 0 aliphatic carbocycles. The second-order valence-electron chi connectivity index (χ2n) is 7.41. The van der Waals surface area contributed by atoms with Crippen LogP contribution in [0, 0.1) is 11.8 Å². The van der Waals surface area contributed by atoms with Gasteiger partial charge in [0.1, 0.15) is 6.04 Å². The van der Waals surface area contributed by atoms with Gasteiger partial charge < -0.3 is 10.0 Å². The number of piperazine rings is 1. The number of alkyl halides is 6. The van der Waals surface area contributed by atoms with Gasteiger partial charge in [-0.15, -0.1) is 16.1 Å². The minimum absolute atomic E-state index is 0.00473. The number of sulfonamides is 1. The third-order valence-electron chi connectivity index (χ3n) is 5.30. The highest BCUT2D eigenvalue weighted by molar-refractivity contribution is 7.89. The Morgan fingerprint density at radius 3 is 2.09 bits per heavy atom. The molecule has 35 heavy (non-hydrogen) atoms. The van der Waals surface area contributed by atoms with Gasteiger partial charge in [0.25, 0.3) is 15.6 Å². The van der Waals surface area contributed by atoms with Crippen LogP contribution in [-0.2, 0) is 15.6 Å². The van der Waals surface area contributed by atoms with Crippen LogP contribution in [0.25, 0.3) is 0 Å². The number of anilines is 1. The fourth-order valence-electron chi connectivity index (χ4n) is 3.53. The topological polar surface area (TPSA) is 86.6 Å². The van der Waals surface area contributed by atoms with Crippen molar-refractivity contribution in [1.82, 2.24) is 14.5 Å². The molecule has 0 bridgehead atoms. The number of aliphatic hydroxyl groups is 1. The second-order valence-corrected chi connectivity index (χ2v) is 9.69. The second kappa shape index (κ2) is 9.45. The first-order valence-corrected chi connectivity index (χ1v) is 11.6. The zero-order valence-corrected chi connectivity index (χ0v) is 19.3. The molecule has 1 aromatic heterocycles. The third-order valence-corrected chi connectivity index (χ3v) is 7.26. The Bertz CT molecular complexity index is 1210. The molecule has 0 amide bonds. The number of rotatable bonds is 4. The lowest BCUT2D eigenvalue weighted by Crippen LogP contribution is -2.55. The molecule has 1 N–H and O–H groups in total. The van der Waals surface area contributed by atoms with Crippen LogP contribution in [-0.4, -0.2) is 66.1 Å². The highest BCUT2D eigenvalue weighted by Gasteiger charge is 2.71. The molecule has 2 aromatic rings. The third kappa shape index (κ3) is 5.04. The van der Waals surface area contributed by atoms with Crippen LogP contribution in [0.1, 0.15) is 12.5 Å². The van der Waals surface area contributed by atoms with Gasteiger partial charge in [-0.3, -0.25) is 0 Å². The monoisotopic (exact) mass is 542 g/mol. The SMILES string of the molecule is CC#CC1CN(S(=O)(=O)c2ccc(Cl)nn2)CCN1c1ccc(C(O)(C(F)(F)F)C(F)(F)F)cc1. The van der Waals surface area contributed by atoms with Crippen LogP contribution in [0.5, 0.6) is 0 Å². The molecule has 15 heteroatoms. The van der Waals surface area contributed by atoms with E-state index in [9.17, 15) is 39.9 Å². The van der Waals surface area contributed by atoms with Crippen molar-refractivity contribution >= 4 is 27.3 Å². The van der Waals surface area contributed by atoms with Gasteiger partial charge in [-0.25, -0.2) is 8.42 Å². The molecular formula is C20H17ClF6N4O3S. The summed E-state index contributed by atoms with van der Waals surface area (Å²) in [6.07, 6.45) is -12.0. The smallest absolute Gasteiger partial charge is 0.369 e. The lowest BCUT2D eigenvalue weighted by atomic mass is 9.92. The zero-order chi connectivity index (χ0) is 26.2. The van der Waals surface area contributed by atoms with Gasteiger partial charge in [0.2, 0.25) is 0 Å². The summed E-state index contributed by atoms with van der Waals surface area (Å²) in [5, 5.41) is 16.3. The average Bonchev–Trinajstić information content (AvgIpc) is 2.77. The minimum Gasteiger partial charge on any atom is -0.369 e. The van der Waals surface area contributed by atoms with Gasteiger partial charge in [-0.05, 0) is 31.2 Å². The number of hydrogen-bond acceptors (Lipinski definition) is 6. The molecule has 7 nitrogen and oxygen atoms in total. The lowest BCUT2D eigenvalue weighted by molar-refractivity contribution is -0.376. The fourth-order valence-corrected chi connectivity index (χ4v) is 4.94. The van der Waals surface area contributed by atoms with Crippen molar-refractivity contribution in [1.29, 1.82) is 0 Å². The standard InChI is InChI=1S/C20H17ClF6N4O3S/c1-2-3-15-12-30(35(33,34)17-9-8-16(21)28-29-17)10-11-31(15)14-6-4-13(5-7-14)18(32,19(22,23)24)20(25,26)27/h4-9,15,32H,10-12H2,1H3. The van der Waals surface area contributed by atoms with Crippen molar-refractivity contribution in [3.8, 4) is 11.8 Å². The first kappa shape index (κ1) is 27.0. The Balaban J connectivity index is 1.89. The van der Waals surface area contributed by atoms with E-state index in [-0.39, 0.29) is 35.5 Å². The first-order chi connectivity index (χ1) is 16.1. The highest BCUT2D eigenvalue weighted by atomic mass is 35.5. The van der Waals surface area contributed by atoms with Crippen LogP contribution in [0.2, 0.25) is 5.15 Å². The van der Waals surface area contributed by atoms with E-state index in [4.69, 9.17) is 11.6 Å². The maximum absolute atomic E-state index is 13.1. The first-order valence-electron chi connectivity index (χ1n) is 9.77. The Morgan fingerprint density at radius 1 is 1.00 bits per heavy atom. The maximum Gasteiger partial charge on any atom is 0.430 e. The largest absolute Gasteiger partial charge is 0.430 e. The van der Waals surface area contributed by atoms with Gasteiger partial charge in [0, 0.05) is 30.9 Å². The molecule has 1 aliphatic rings. The van der Waals surface area contributed by atoms with Gasteiger partial charge in [-0.2, -0.15) is 30.6 Å². The summed E-state index contributed by atoms with van der Waals surface area (Å²) in [6, 6.07) is 4.68. The van der Waals surface area contributed by atoms with E-state index in [1.807, 2.05) is 0 Å². The number of hydrogen-bond donors (Lipinski definition) is 1. The Morgan fingerprint density at radius 2 is 1.60 bits per heavy atom. The van der Waals surface area contributed by atoms with Crippen molar-refractivity contribution in [2.75, 3.05) is 24.5 Å². The molecule has 0 spiro atoms. The van der Waals surface area contributed by atoms with Crippen molar-refractivity contribution in [2.45, 2.75) is 35.9 Å². The summed E-state index contributed by atoms with van der Waals surface area (Å²) >= 11 is 5.64. The molecule has 2 heterocycles. The quantitative estimate of drug-likeness (QED) is 0.471. The molecule has 1 aliphatic heterocycles. The number of aromatic nitrogens is 2. The zero-order valence-electron chi connectivity index (χ0n) is 17.8. The molecule has 3 rings (SSSR count). The number of halogens is 7. The molecule has 1 atom stereocenters. The minimum atomic E-state index is -6.01. The summed E-state index contributed by atoms with van der Waals surface area (Å²) in [6.45, 7) is 1.27.